The van der Waals surface area contributed by atoms with Crippen LogP contribution in [-0.4, -0.2) is 21.7 Å². The second-order valence-corrected chi connectivity index (χ2v) is 11.1. The van der Waals surface area contributed by atoms with Crippen LogP contribution in [0.2, 0.25) is 0 Å². The van der Waals surface area contributed by atoms with Gasteiger partial charge in [-0.1, -0.05) is 69.3 Å². The number of ketones is 1. The van der Waals surface area contributed by atoms with Gasteiger partial charge < -0.3 is 19.2 Å². The van der Waals surface area contributed by atoms with E-state index in [-0.39, 0.29) is 23.3 Å². The van der Waals surface area contributed by atoms with Crippen molar-refractivity contribution in [2.24, 2.45) is 0 Å². The molecule has 1 aliphatic heterocycles. The Balaban J connectivity index is 1.49. The topological polar surface area (TPSA) is 80.0 Å². The van der Waals surface area contributed by atoms with Crippen molar-refractivity contribution >= 4 is 17.4 Å². The summed E-state index contributed by atoms with van der Waals surface area (Å²) in [4.78, 5) is 28.1. The van der Waals surface area contributed by atoms with E-state index < -0.39 is 17.7 Å². The highest BCUT2D eigenvalue weighted by atomic mass is 16.5. The van der Waals surface area contributed by atoms with E-state index in [1.807, 2.05) is 55.5 Å². The maximum absolute atomic E-state index is 13.4. The molecule has 1 unspecified atom stereocenters. The monoisotopic (exact) mass is 535 g/mol. The molecule has 3 aromatic carbocycles. The highest BCUT2D eigenvalue weighted by Crippen LogP contribution is 2.41. The molecule has 5 rings (SSSR count). The summed E-state index contributed by atoms with van der Waals surface area (Å²) in [5.74, 6) is -0.453. The quantitative estimate of drug-likeness (QED) is 0.155. The number of furan rings is 1. The first-order valence-corrected chi connectivity index (χ1v) is 13.3. The summed E-state index contributed by atoms with van der Waals surface area (Å²) in [5.41, 5.74) is 4.51. The molecule has 0 radical (unpaired) electrons. The number of aliphatic hydroxyl groups is 1. The normalized spacial score (nSPS) is 16.9. The number of hydrogen-bond acceptors (Lipinski definition) is 5. The van der Waals surface area contributed by atoms with Crippen molar-refractivity contribution < 1.29 is 23.8 Å². The maximum Gasteiger partial charge on any atom is 0.296 e. The highest BCUT2D eigenvalue weighted by molar-refractivity contribution is 6.46. The Kier molecular flexibility index (Phi) is 7.35. The molecule has 6 nitrogen and oxygen atoms in total. The third-order valence-electron chi connectivity index (χ3n) is 7.32. The third kappa shape index (κ3) is 5.43. The van der Waals surface area contributed by atoms with E-state index in [1.54, 1.807) is 36.4 Å². The van der Waals surface area contributed by atoms with Gasteiger partial charge >= 0.3 is 0 Å². The van der Waals surface area contributed by atoms with Crippen molar-refractivity contribution in [2.45, 2.75) is 52.3 Å². The Morgan fingerprint density at radius 3 is 2.25 bits per heavy atom. The molecule has 1 saturated heterocycles. The van der Waals surface area contributed by atoms with Crippen LogP contribution in [0.15, 0.2) is 101 Å². The van der Waals surface area contributed by atoms with Crippen molar-refractivity contribution in [3.05, 3.63) is 130 Å². The molecule has 0 aliphatic carbocycles. The lowest BCUT2D eigenvalue weighted by molar-refractivity contribution is -0.140. The number of ether oxygens (including phenoxy) is 1. The van der Waals surface area contributed by atoms with Gasteiger partial charge in [0.2, 0.25) is 0 Å². The second-order valence-electron chi connectivity index (χ2n) is 11.1. The number of aliphatic hydroxyl groups excluding tert-OH is 1. The van der Waals surface area contributed by atoms with Gasteiger partial charge in [0.25, 0.3) is 11.7 Å². The number of nitrogens with zero attached hydrogens (tertiary/aromatic N) is 1. The van der Waals surface area contributed by atoms with Gasteiger partial charge in [0, 0.05) is 5.56 Å². The van der Waals surface area contributed by atoms with Gasteiger partial charge in [-0.3, -0.25) is 9.59 Å². The zero-order valence-electron chi connectivity index (χ0n) is 23.2. The average molecular weight is 536 g/mol. The number of carbonyl (C=O) groups excluding carboxylic acids is 2. The standard InChI is InChI=1S/C34H33NO5/c1-22-8-5-6-9-25(22)21-40-27-17-13-24(14-18-27)31(36)29-30(23-11-15-26(16-12-23)34(2,3)4)35(33(38)32(29)37)20-28-10-7-19-39-28/h5-19,30,36H,20-21H2,1-4H3. The number of hydrogen-bond donors (Lipinski definition) is 1. The van der Waals surface area contributed by atoms with Crippen LogP contribution in [0.1, 0.15) is 60.4 Å². The first kappa shape index (κ1) is 27.0. The fourth-order valence-corrected chi connectivity index (χ4v) is 4.92. The minimum absolute atomic E-state index is 0.0497. The molecule has 204 valence electrons. The lowest BCUT2D eigenvalue weighted by Crippen LogP contribution is -2.29. The summed E-state index contributed by atoms with van der Waals surface area (Å²) in [6, 6.07) is 25.5. The SMILES string of the molecule is Cc1ccccc1COc1ccc(C(O)=C2C(=O)C(=O)N(Cc3ccco3)C2c2ccc(C(C)(C)C)cc2)cc1. The average Bonchev–Trinajstić information content (AvgIpc) is 3.54. The highest BCUT2D eigenvalue weighted by Gasteiger charge is 2.46. The predicted molar refractivity (Wildman–Crippen MR) is 154 cm³/mol. The number of benzene rings is 3. The van der Waals surface area contributed by atoms with Crippen LogP contribution in [0.5, 0.6) is 5.75 Å². The second kappa shape index (κ2) is 10.9. The van der Waals surface area contributed by atoms with Crippen molar-refractivity contribution in [3.8, 4) is 5.75 Å². The van der Waals surface area contributed by atoms with Crippen LogP contribution in [0.25, 0.3) is 5.76 Å². The molecule has 40 heavy (non-hydrogen) atoms. The summed E-state index contributed by atoms with van der Waals surface area (Å²) in [5, 5.41) is 11.4. The van der Waals surface area contributed by atoms with Crippen molar-refractivity contribution in [1.29, 1.82) is 0 Å². The lowest BCUT2D eigenvalue weighted by atomic mass is 9.85. The van der Waals surface area contributed by atoms with E-state index in [1.165, 1.54) is 11.2 Å². The molecule has 0 spiro atoms. The van der Waals surface area contributed by atoms with E-state index in [9.17, 15) is 14.7 Å². The zero-order valence-corrected chi connectivity index (χ0v) is 23.2. The smallest absolute Gasteiger partial charge is 0.296 e. The molecule has 1 N–H and O–H groups in total. The Morgan fingerprint density at radius 2 is 1.62 bits per heavy atom. The number of carbonyl (C=O) groups is 2. The molecule has 1 amide bonds. The van der Waals surface area contributed by atoms with E-state index in [0.29, 0.717) is 23.7 Å². The molecule has 1 fully saturated rings. The molecule has 1 aliphatic rings. The summed E-state index contributed by atoms with van der Waals surface area (Å²) < 4.78 is 11.4. The Morgan fingerprint density at radius 1 is 0.925 bits per heavy atom. The molecule has 6 heteroatoms. The molecular formula is C34H33NO5. The summed E-state index contributed by atoms with van der Waals surface area (Å²) in [6.07, 6.45) is 1.53. The fraction of sp³-hybridized carbons (Fsp3) is 0.235. The van der Waals surface area contributed by atoms with Gasteiger partial charge in [-0.15, -0.1) is 0 Å². The Labute approximate surface area is 234 Å². The van der Waals surface area contributed by atoms with Crippen molar-refractivity contribution in [2.75, 3.05) is 0 Å². The van der Waals surface area contributed by atoms with E-state index in [4.69, 9.17) is 9.15 Å². The van der Waals surface area contributed by atoms with Gasteiger partial charge in [-0.05, 0) is 71.0 Å². The van der Waals surface area contributed by atoms with E-state index in [0.717, 1.165) is 22.3 Å². The van der Waals surface area contributed by atoms with Crippen LogP contribution in [-0.2, 0) is 28.2 Å². The number of Topliss-reactive ketones (excluding diaryl/α,β-unsaturated/α-hetero) is 1. The molecular weight excluding hydrogens is 502 g/mol. The first-order valence-electron chi connectivity index (χ1n) is 13.3. The maximum atomic E-state index is 13.4. The number of amides is 1. The largest absolute Gasteiger partial charge is 0.507 e. The van der Waals surface area contributed by atoms with Gasteiger partial charge in [0.15, 0.2) is 0 Å². The van der Waals surface area contributed by atoms with Gasteiger partial charge in [-0.2, -0.15) is 0 Å². The molecule has 0 bridgehead atoms. The molecule has 4 aromatic rings. The van der Waals surface area contributed by atoms with Crippen molar-refractivity contribution in [3.63, 3.8) is 0 Å². The zero-order chi connectivity index (χ0) is 28.4. The fourth-order valence-electron chi connectivity index (χ4n) is 4.92. The summed E-state index contributed by atoms with van der Waals surface area (Å²) in [7, 11) is 0. The molecule has 1 atom stereocenters. The summed E-state index contributed by atoms with van der Waals surface area (Å²) in [6.45, 7) is 8.93. The van der Waals surface area contributed by atoms with Crippen LogP contribution in [0.3, 0.4) is 0 Å². The number of aryl methyl sites for hydroxylation is 1. The minimum atomic E-state index is -0.767. The molecule has 1 aromatic heterocycles. The van der Waals surface area contributed by atoms with Gasteiger partial charge in [-0.25, -0.2) is 0 Å². The Bertz CT molecular complexity index is 1540. The van der Waals surface area contributed by atoms with Gasteiger partial charge in [0.05, 0.1) is 24.4 Å². The van der Waals surface area contributed by atoms with Crippen molar-refractivity contribution in [1.82, 2.24) is 4.90 Å². The van der Waals surface area contributed by atoms with Crippen LogP contribution in [0.4, 0.5) is 0 Å². The first-order chi connectivity index (χ1) is 19.1. The van der Waals surface area contributed by atoms with E-state index >= 15 is 0 Å². The lowest BCUT2D eigenvalue weighted by Gasteiger charge is -2.26. The predicted octanol–water partition coefficient (Wildman–Crippen LogP) is 7.09. The van der Waals surface area contributed by atoms with Crippen LogP contribution >= 0.6 is 0 Å². The third-order valence-corrected chi connectivity index (χ3v) is 7.32. The van der Waals surface area contributed by atoms with Crippen LogP contribution < -0.4 is 4.74 Å². The van der Waals surface area contributed by atoms with Crippen LogP contribution in [0, 0.1) is 6.92 Å². The molecule has 0 saturated carbocycles. The number of likely N-dealkylation sites (tertiary alicyclic amines) is 1. The van der Waals surface area contributed by atoms with E-state index in [2.05, 4.69) is 20.8 Å². The van der Waals surface area contributed by atoms with Gasteiger partial charge in [0.1, 0.15) is 23.9 Å². The Hall–Kier alpha value is -4.58. The number of rotatable bonds is 7. The summed E-state index contributed by atoms with van der Waals surface area (Å²) >= 11 is 0. The minimum Gasteiger partial charge on any atom is -0.507 e. The molecule has 2 heterocycles.